The van der Waals surface area contributed by atoms with Crippen molar-refractivity contribution >= 4 is 13.8 Å². The fraction of sp³-hybridized carbons (Fsp3) is 0.923. The maximum absolute atomic E-state index is 13.3. The Morgan fingerprint density at radius 2 is 1.15 bits per heavy atom. The van der Waals surface area contributed by atoms with Crippen LogP contribution < -0.4 is 0 Å². The lowest BCUT2D eigenvalue weighted by atomic mass is 10.6. The number of hydrogen-bond donors (Lipinski definition) is 0. The van der Waals surface area contributed by atoms with Gasteiger partial charge in [0, 0.05) is 39.3 Å². The summed E-state index contributed by atoms with van der Waals surface area (Å²) in [6.45, 7) is 14.9. The van der Waals surface area contributed by atoms with Gasteiger partial charge < -0.3 is 9.42 Å². The van der Waals surface area contributed by atoms with Crippen molar-refractivity contribution in [1.82, 2.24) is 14.2 Å². The third-order valence-corrected chi connectivity index (χ3v) is 6.35. The Balaban J connectivity index is 5.33. The van der Waals surface area contributed by atoms with Crippen LogP contribution in [0, 0.1) is 0 Å². The molecular weight excluding hydrogens is 277 g/mol. The molecule has 120 valence electrons. The van der Waals surface area contributed by atoms with Gasteiger partial charge in [0.25, 0.3) is 0 Å². The van der Waals surface area contributed by atoms with Gasteiger partial charge in [0.1, 0.15) is 0 Å². The summed E-state index contributed by atoms with van der Waals surface area (Å²) in [5.74, 6) is 0. The van der Waals surface area contributed by atoms with E-state index in [9.17, 15) is 9.36 Å². The zero-order valence-corrected chi connectivity index (χ0v) is 14.7. The molecule has 0 aromatic heterocycles. The van der Waals surface area contributed by atoms with Crippen LogP contribution in [0.5, 0.6) is 0 Å². The standard InChI is InChI=1S/C13H30N3O3P/c1-7-14(8-2)13(17)19-20(18,15(9-3)10-4)16(11-5)12-6/h7-12H2,1-6H3. The van der Waals surface area contributed by atoms with Crippen molar-refractivity contribution in [2.45, 2.75) is 41.5 Å². The molecule has 0 spiro atoms. The second-order valence-corrected chi connectivity index (χ2v) is 6.59. The smallest absolute Gasteiger partial charge is 0.372 e. The summed E-state index contributed by atoms with van der Waals surface area (Å²) >= 11 is 0. The lowest BCUT2D eigenvalue weighted by Crippen LogP contribution is -2.38. The molecule has 0 radical (unpaired) electrons. The molecule has 0 aliphatic carbocycles. The quantitative estimate of drug-likeness (QED) is 0.612. The number of nitrogens with zero attached hydrogens (tertiary/aromatic N) is 3. The highest BCUT2D eigenvalue weighted by Crippen LogP contribution is 2.54. The van der Waals surface area contributed by atoms with Crippen LogP contribution in [0.4, 0.5) is 4.79 Å². The summed E-state index contributed by atoms with van der Waals surface area (Å²) in [4.78, 5) is 13.7. The van der Waals surface area contributed by atoms with E-state index in [4.69, 9.17) is 4.52 Å². The van der Waals surface area contributed by atoms with Crippen molar-refractivity contribution in [1.29, 1.82) is 0 Å². The van der Waals surface area contributed by atoms with Gasteiger partial charge in [-0.15, -0.1) is 0 Å². The Bertz CT molecular complexity index is 311. The lowest BCUT2D eigenvalue weighted by Gasteiger charge is -2.36. The number of amides is 1. The Morgan fingerprint density at radius 1 is 0.800 bits per heavy atom. The molecule has 0 saturated heterocycles. The Labute approximate surface area is 123 Å². The zero-order chi connectivity index (χ0) is 15.8. The highest BCUT2D eigenvalue weighted by Gasteiger charge is 2.39. The van der Waals surface area contributed by atoms with Gasteiger partial charge in [-0.3, -0.25) is 0 Å². The molecule has 0 aromatic rings. The first-order valence-corrected chi connectivity index (χ1v) is 9.07. The molecule has 0 aliphatic rings. The van der Waals surface area contributed by atoms with Gasteiger partial charge in [0.2, 0.25) is 0 Å². The Hall–Kier alpha value is -0.580. The van der Waals surface area contributed by atoms with Crippen LogP contribution in [-0.4, -0.2) is 59.6 Å². The van der Waals surface area contributed by atoms with E-state index < -0.39 is 13.8 Å². The third-order valence-electron chi connectivity index (χ3n) is 3.39. The van der Waals surface area contributed by atoms with Gasteiger partial charge >= 0.3 is 13.8 Å². The molecule has 0 heterocycles. The summed E-state index contributed by atoms with van der Waals surface area (Å²) in [6, 6.07) is 0. The molecule has 1 amide bonds. The number of carbonyl (C=O) groups excluding carboxylic acids is 1. The molecule has 20 heavy (non-hydrogen) atoms. The van der Waals surface area contributed by atoms with Crippen molar-refractivity contribution in [3.8, 4) is 0 Å². The molecule has 0 unspecified atom stereocenters. The minimum Gasteiger partial charge on any atom is -0.372 e. The summed E-state index contributed by atoms with van der Waals surface area (Å²) in [6.07, 6.45) is -0.503. The first kappa shape index (κ1) is 19.4. The van der Waals surface area contributed by atoms with Gasteiger partial charge in [0.05, 0.1) is 0 Å². The van der Waals surface area contributed by atoms with Crippen LogP contribution in [-0.2, 0) is 9.09 Å². The molecule has 0 bridgehead atoms. The van der Waals surface area contributed by atoms with Crippen molar-refractivity contribution in [2.75, 3.05) is 39.3 Å². The van der Waals surface area contributed by atoms with Gasteiger partial charge in [-0.1, -0.05) is 27.7 Å². The van der Waals surface area contributed by atoms with E-state index in [2.05, 4.69) is 0 Å². The van der Waals surface area contributed by atoms with E-state index in [1.54, 1.807) is 14.2 Å². The molecule has 0 aliphatic heterocycles. The van der Waals surface area contributed by atoms with Crippen LogP contribution in [0.1, 0.15) is 41.5 Å². The molecule has 7 heteroatoms. The highest BCUT2D eigenvalue weighted by atomic mass is 31.2. The summed E-state index contributed by atoms with van der Waals surface area (Å²) in [5, 5.41) is 0. The monoisotopic (exact) mass is 307 g/mol. The minimum absolute atomic E-state index is 0.503. The zero-order valence-electron chi connectivity index (χ0n) is 13.8. The first-order chi connectivity index (χ1) is 9.44. The maximum atomic E-state index is 13.3. The van der Waals surface area contributed by atoms with Gasteiger partial charge in [-0.2, -0.15) is 0 Å². The van der Waals surface area contributed by atoms with Crippen molar-refractivity contribution in [2.24, 2.45) is 0 Å². The first-order valence-electron chi connectivity index (χ1n) is 7.54. The topological polar surface area (TPSA) is 53.1 Å². The van der Waals surface area contributed by atoms with E-state index >= 15 is 0 Å². The average Bonchev–Trinajstić information content (AvgIpc) is 2.42. The number of rotatable bonds is 9. The van der Waals surface area contributed by atoms with Gasteiger partial charge in [-0.25, -0.2) is 18.7 Å². The van der Waals surface area contributed by atoms with Crippen molar-refractivity contribution < 1.29 is 13.9 Å². The molecule has 6 nitrogen and oxygen atoms in total. The fourth-order valence-corrected chi connectivity index (χ4v) is 4.44. The summed E-state index contributed by atoms with van der Waals surface area (Å²) in [7, 11) is -3.30. The predicted molar refractivity (Wildman–Crippen MR) is 82.9 cm³/mol. The SMILES string of the molecule is CCN(CC)C(=O)OP(=O)(N(CC)CC)N(CC)CC. The normalized spacial score (nSPS) is 12.0. The highest BCUT2D eigenvalue weighted by molar-refractivity contribution is 7.54. The van der Waals surface area contributed by atoms with Crippen LogP contribution in [0.15, 0.2) is 0 Å². The molecule has 0 N–H and O–H groups in total. The Morgan fingerprint density at radius 3 is 1.40 bits per heavy atom. The van der Waals surface area contributed by atoms with E-state index in [0.717, 1.165) is 0 Å². The second-order valence-electron chi connectivity index (χ2n) is 4.30. The average molecular weight is 307 g/mol. The summed E-state index contributed by atoms with van der Waals surface area (Å²) in [5.41, 5.74) is 0. The lowest BCUT2D eigenvalue weighted by molar-refractivity contribution is 0.144. The summed E-state index contributed by atoms with van der Waals surface area (Å²) < 4.78 is 22.2. The van der Waals surface area contributed by atoms with Crippen molar-refractivity contribution in [3.63, 3.8) is 0 Å². The largest absolute Gasteiger partial charge is 0.416 e. The predicted octanol–water partition coefficient (Wildman–Crippen LogP) is 3.26. The van der Waals surface area contributed by atoms with Crippen LogP contribution in [0.2, 0.25) is 0 Å². The minimum atomic E-state index is -3.30. The molecular formula is C13H30N3O3P. The molecule has 0 fully saturated rings. The fourth-order valence-electron chi connectivity index (χ4n) is 2.10. The molecule has 0 atom stereocenters. The van der Waals surface area contributed by atoms with Gasteiger partial charge in [-0.05, 0) is 13.8 Å². The molecule has 0 rings (SSSR count). The molecule has 0 aromatic carbocycles. The van der Waals surface area contributed by atoms with E-state index in [-0.39, 0.29) is 0 Å². The van der Waals surface area contributed by atoms with E-state index in [1.807, 2.05) is 41.5 Å². The van der Waals surface area contributed by atoms with E-state index in [1.165, 1.54) is 0 Å². The maximum Gasteiger partial charge on any atom is 0.416 e. The van der Waals surface area contributed by atoms with Crippen LogP contribution >= 0.6 is 7.67 Å². The van der Waals surface area contributed by atoms with Gasteiger partial charge in [0.15, 0.2) is 0 Å². The third kappa shape index (κ3) is 4.47. The van der Waals surface area contributed by atoms with Crippen LogP contribution in [0.3, 0.4) is 0 Å². The number of carbonyl (C=O) groups is 1. The number of hydrogen-bond acceptors (Lipinski definition) is 3. The van der Waals surface area contributed by atoms with Crippen molar-refractivity contribution in [3.05, 3.63) is 0 Å². The second kappa shape index (κ2) is 9.37. The molecule has 0 saturated carbocycles. The Kier molecular flexibility index (Phi) is 9.10. The van der Waals surface area contributed by atoms with E-state index in [0.29, 0.717) is 39.3 Å². The van der Waals surface area contributed by atoms with Crippen LogP contribution in [0.25, 0.3) is 0 Å².